The average Bonchev–Trinajstić information content (AvgIpc) is 2.63. The standard InChI is InChI=1S/C17H19F2NO.2C2H6/c1-4-7-13(8-5-2)12-20(6-3)17(21)15-10-9-14(18)11-16(15)19;2*1-2/h4-5,7-11H,1,6,12H2,2-3H3;2*1-2H3/b8-5-,13-7+;;. The summed E-state index contributed by atoms with van der Waals surface area (Å²) in [6.45, 7) is 16.1. The summed E-state index contributed by atoms with van der Waals surface area (Å²) in [6, 6.07) is 2.96. The number of halogens is 2. The second kappa shape index (κ2) is 15.3. The topological polar surface area (TPSA) is 20.3 Å². The first-order chi connectivity index (χ1) is 12.0. The maximum Gasteiger partial charge on any atom is 0.257 e. The first-order valence-corrected chi connectivity index (χ1v) is 8.72. The number of amides is 1. The molecule has 0 aliphatic carbocycles. The fraction of sp³-hybridized carbons (Fsp3) is 0.381. The van der Waals surface area contributed by atoms with E-state index in [2.05, 4.69) is 6.58 Å². The first kappa shape index (κ1) is 25.0. The number of benzene rings is 1. The van der Waals surface area contributed by atoms with Gasteiger partial charge in [0.15, 0.2) is 0 Å². The molecule has 25 heavy (non-hydrogen) atoms. The molecule has 0 aliphatic heterocycles. The molecule has 0 fully saturated rings. The molecule has 0 heterocycles. The van der Waals surface area contributed by atoms with E-state index in [1.807, 2.05) is 46.8 Å². The average molecular weight is 351 g/mol. The molecule has 4 heteroatoms. The third-order valence-electron chi connectivity index (χ3n) is 2.92. The van der Waals surface area contributed by atoms with E-state index in [9.17, 15) is 13.6 Å². The molecule has 0 unspecified atom stereocenters. The Labute approximate surface area is 151 Å². The van der Waals surface area contributed by atoms with Crippen molar-refractivity contribution in [2.75, 3.05) is 13.1 Å². The van der Waals surface area contributed by atoms with Crippen molar-refractivity contribution < 1.29 is 13.6 Å². The molecule has 0 N–H and O–H groups in total. The smallest absolute Gasteiger partial charge is 0.257 e. The van der Waals surface area contributed by atoms with Gasteiger partial charge in [-0.25, -0.2) is 8.78 Å². The lowest BCUT2D eigenvalue weighted by molar-refractivity contribution is 0.0774. The zero-order valence-corrected chi connectivity index (χ0v) is 16.3. The summed E-state index contributed by atoms with van der Waals surface area (Å²) in [7, 11) is 0. The molecule has 1 rings (SSSR count). The summed E-state index contributed by atoms with van der Waals surface area (Å²) in [5.41, 5.74) is 0.752. The van der Waals surface area contributed by atoms with Crippen LogP contribution in [0.15, 0.2) is 54.7 Å². The molecule has 1 aromatic carbocycles. The summed E-state index contributed by atoms with van der Waals surface area (Å²) < 4.78 is 26.6. The largest absolute Gasteiger partial charge is 0.335 e. The molecule has 1 amide bonds. The molecule has 1 aromatic rings. The molecular formula is C21H31F2NO. The number of nitrogens with zero attached hydrogens (tertiary/aromatic N) is 1. The summed E-state index contributed by atoms with van der Waals surface area (Å²) >= 11 is 0. The van der Waals surface area contributed by atoms with Crippen molar-refractivity contribution in [3.63, 3.8) is 0 Å². The van der Waals surface area contributed by atoms with Crippen LogP contribution >= 0.6 is 0 Å². The van der Waals surface area contributed by atoms with Crippen LogP contribution in [0, 0.1) is 11.6 Å². The van der Waals surface area contributed by atoms with Crippen molar-refractivity contribution in [2.45, 2.75) is 41.5 Å². The van der Waals surface area contributed by atoms with Gasteiger partial charge in [0.2, 0.25) is 0 Å². The Kier molecular flexibility index (Phi) is 15.3. The monoisotopic (exact) mass is 351 g/mol. The number of hydrogen-bond acceptors (Lipinski definition) is 1. The van der Waals surface area contributed by atoms with Gasteiger partial charge in [-0.2, -0.15) is 0 Å². The van der Waals surface area contributed by atoms with Crippen LogP contribution in [0.5, 0.6) is 0 Å². The first-order valence-electron chi connectivity index (χ1n) is 8.72. The van der Waals surface area contributed by atoms with E-state index in [0.717, 1.165) is 11.6 Å². The van der Waals surface area contributed by atoms with E-state index in [1.165, 1.54) is 11.0 Å². The predicted octanol–water partition coefficient (Wildman–Crippen LogP) is 6.17. The van der Waals surface area contributed by atoms with Gasteiger partial charge in [0.25, 0.3) is 5.91 Å². The summed E-state index contributed by atoms with van der Waals surface area (Å²) in [5, 5.41) is 0. The van der Waals surface area contributed by atoms with Crippen LogP contribution in [0.25, 0.3) is 0 Å². The van der Waals surface area contributed by atoms with E-state index in [0.29, 0.717) is 19.2 Å². The molecular weight excluding hydrogens is 320 g/mol. The highest BCUT2D eigenvalue weighted by Gasteiger charge is 2.18. The molecule has 0 saturated carbocycles. The van der Waals surface area contributed by atoms with Gasteiger partial charge in [0.1, 0.15) is 11.6 Å². The number of likely N-dealkylation sites (N-methyl/N-ethyl adjacent to an activating group) is 1. The van der Waals surface area contributed by atoms with E-state index in [1.54, 1.807) is 19.1 Å². The van der Waals surface area contributed by atoms with Gasteiger partial charge < -0.3 is 4.90 Å². The van der Waals surface area contributed by atoms with Gasteiger partial charge in [-0.15, -0.1) is 0 Å². The van der Waals surface area contributed by atoms with Crippen LogP contribution in [0.1, 0.15) is 51.9 Å². The van der Waals surface area contributed by atoms with Gasteiger partial charge in [0, 0.05) is 19.2 Å². The minimum absolute atomic E-state index is 0.128. The van der Waals surface area contributed by atoms with E-state index in [4.69, 9.17) is 0 Å². The lowest BCUT2D eigenvalue weighted by Gasteiger charge is -2.21. The van der Waals surface area contributed by atoms with Crippen molar-refractivity contribution in [2.24, 2.45) is 0 Å². The Morgan fingerprint density at radius 1 is 1.20 bits per heavy atom. The number of allylic oxidation sites excluding steroid dienone is 3. The fourth-order valence-corrected chi connectivity index (χ4v) is 1.91. The minimum Gasteiger partial charge on any atom is -0.335 e. The van der Waals surface area contributed by atoms with Gasteiger partial charge in [-0.05, 0) is 31.6 Å². The van der Waals surface area contributed by atoms with E-state index in [-0.39, 0.29) is 5.56 Å². The van der Waals surface area contributed by atoms with Crippen LogP contribution < -0.4 is 0 Å². The zero-order valence-electron chi connectivity index (χ0n) is 16.3. The van der Waals surface area contributed by atoms with Crippen molar-refractivity contribution in [1.82, 2.24) is 4.90 Å². The summed E-state index contributed by atoms with van der Waals surface area (Å²) in [4.78, 5) is 13.8. The molecule has 0 saturated heterocycles. The Morgan fingerprint density at radius 2 is 1.80 bits per heavy atom. The quantitative estimate of drug-likeness (QED) is 0.561. The Balaban J connectivity index is 0. The molecule has 0 spiro atoms. The SMILES string of the molecule is C=C/C=C(\C=C/C)CN(CC)C(=O)c1ccc(F)cc1F.CC.CC. The van der Waals surface area contributed by atoms with Gasteiger partial charge >= 0.3 is 0 Å². The molecule has 0 atom stereocenters. The molecule has 0 aliphatic rings. The number of rotatable bonds is 6. The highest BCUT2D eigenvalue weighted by atomic mass is 19.1. The highest BCUT2D eigenvalue weighted by Crippen LogP contribution is 2.14. The van der Waals surface area contributed by atoms with Crippen molar-refractivity contribution >= 4 is 5.91 Å². The highest BCUT2D eigenvalue weighted by molar-refractivity contribution is 5.94. The molecule has 0 bridgehead atoms. The van der Waals surface area contributed by atoms with Crippen LogP contribution in [-0.2, 0) is 0 Å². The number of carbonyl (C=O) groups is 1. The van der Waals surface area contributed by atoms with E-state index < -0.39 is 17.5 Å². The lowest BCUT2D eigenvalue weighted by atomic mass is 10.1. The van der Waals surface area contributed by atoms with Gasteiger partial charge in [0.05, 0.1) is 5.56 Å². The molecule has 0 aromatic heterocycles. The second-order valence-electron chi connectivity index (χ2n) is 4.42. The fourth-order valence-electron chi connectivity index (χ4n) is 1.91. The normalized spacial score (nSPS) is 10.3. The van der Waals surface area contributed by atoms with Crippen LogP contribution in [0.3, 0.4) is 0 Å². The van der Waals surface area contributed by atoms with Crippen LogP contribution in [0.2, 0.25) is 0 Å². The third kappa shape index (κ3) is 8.99. The summed E-state index contributed by atoms with van der Waals surface area (Å²) in [6.07, 6.45) is 7.13. The van der Waals surface area contributed by atoms with Crippen LogP contribution in [-0.4, -0.2) is 23.9 Å². The van der Waals surface area contributed by atoms with Gasteiger partial charge in [-0.1, -0.05) is 58.6 Å². The van der Waals surface area contributed by atoms with Crippen molar-refractivity contribution in [3.8, 4) is 0 Å². The second-order valence-corrected chi connectivity index (χ2v) is 4.42. The van der Waals surface area contributed by atoms with Gasteiger partial charge in [-0.3, -0.25) is 4.79 Å². The number of carbonyl (C=O) groups excluding carboxylic acids is 1. The Morgan fingerprint density at radius 3 is 2.24 bits per heavy atom. The third-order valence-corrected chi connectivity index (χ3v) is 2.92. The van der Waals surface area contributed by atoms with E-state index >= 15 is 0 Å². The lowest BCUT2D eigenvalue weighted by Crippen LogP contribution is -2.33. The Hall–Kier alpha value is -2.23. The van der Waals surface area contributed by atoms with Crippen LogP contribution in [0.4, 0.5) is 8.78 Å². The maximum absolute atomic E-state index is 13.7. The summed E-state index contributed by atoms with van der Waals surface area (Å²) in [5.74, 6) is -2.01. The number of hydrogen-bond donors (Lipinski definition) is 0. The van der Waals surface area contributed by atoms with Crippen molar-refractivity contribution in [3.05, 3.63) is 71.9 Å². The van der Waals surface area contributed by atoms with Crippen molar-refractivity contribution in [1.29, 1.82) is 0 Å². The zero-order chi connectivity index (χ0) is 19.8. The molecule has 2 nitrogen and oxygen atoms in total. The predicted molar refractivity (Wildman–Crippen MR) is 104 cm³/mol. The maximum atomic E-state index is 13.7. The Bertz CT molecular complexity index is 577. The minimum atomic E-state index is -0.848. The molecule has 0 radical (unpaired) electrons. The molecule has 140 valence electrons.